The Kier molecular flexibility index (Phi) is 5.55. The predicted molar refractivity (Wildman–Crippen MR) is 111 cm³/mol. The van der Waals surface area contributed by atoms with Gasteiger partial charge in [0.25, 0.3) is 6.01 Å². The minimum Gasteiger partial charge on any atom is -0.478 e. The van der Waals surface area contributed by atoms with Crippen LogP contribution in [0.1, 0.15) is 53.0 Å². The molecule has 0 saturated heterocycles. The first-order valence-corrected chi connectivity index (χ1v) is 10.1. The Balaban J connectivity index is 1.69. The number of ether oxygens (including phenoxy) is 1. The van der Waals surface area contributed by atoms with E-state index in [2.05, 4.69) is 4.98 Å². The lowest BCUT2D eigenvalue weighted by molar-refractivity contribution is 0.0697. The molecule has 0 bridgehead atoms. The first-order valence-electron chi connectivity index (χ1n) is 10.1. The number of nitrogens with zero attached hydrogens (tertiary/aromatic N) is 2. The van der Waals surface area contributed by atoms with Crippen molar-refractivity contribution in [1.82, 2.24) is 9.55 Å². The topological polar surface area (TPSA) is 90.4 Å². The monoisotopic (exact) mass is 409 g/mol. The maximum absolute atomic E-state index is 15.0. The molecule has 0 atom stereocenters. The van der Waals surface area contributed by atoms with Crippen LogP contribution in [0.5, 0.6) is 6.01 Å². The van der Waals surface area contributed by atoms with Gasteiger partial charge in [-0.2, -0.15) is 4.98 Å². The second-order valence-corrected chi connectivity index (χ2v) is 7.38. The van der Waals surface area contributed by atoms with Crippen molar-refractivity contribution in [3.05, 3.63) is 70.8 Å². The zero-order valence-electron chi connectivity index (χ0n) is 16.8. The fraction of sp³-hybridized carbons (Fsp3) is 0.304. The first-order chi connectivity index (χ1) is 14.5. The maximum atomic E-state index is 15.0. The van der Waals surface area contributed by atoms with Crippen molar-refractivity contribution in [3.63, 3.8) is 0 Å². The number of carboxylic acid groups (broad SMARTS) is 1. The number of carboxylic acids is 1. The summed E-state index contributed by atoms with van der Waals surface area (Å²) >= 11 is 0. The van der Waals surface area contributed by atoms with Gasteiger partial charge in [-0.25, -0.2) is 9.18 Å². The Morgan fingerprint density at radius 1 is 1.30 bits per heavy atom. The SMILES string of the molecule is CCOc1nc(C2CC2)c(CN)n1Cc1ccc(-c2ccccc2C(=O)O)cc1F. The van der Waals surface area contributed by atoms with Crippen molar-refractivity contribution in [2.75, 3.05) is 6.61 Å². The van der Waals surface area contributed by atoms with E-state index in [1.807, 2.05) is 11.5 Å². The van der Waals surface area contributed by atoms with Crippen LogP contribution in [-0.2, 0) is 13.1 Å². The zero-order chi connectivity index (χ0) is 21.3. The molecule has 3 aromatic rings. The number of benzene rings is 2. The molecule has 1 aliphatic carbocycles. The van der Waals surface area contributed by atoms with E-state index < -0.39 is 11.8 Å². The van der Waals surface area contributed by atoms with Crippen LogP contribution in [0.25, 0.3) is 11.1 Å². The van der Waals surface area contributed by atoms with Gasteiger partial charge in [0, 0.05) is 18.0 Å². The maximum Gasteiger partial charge on any atom is 0.336 e. The molecule has 1 aliphatic rings. The highest BCUT2D eigenvalue weighted by Gasteiger charge is 2.31. The van der Waals surface area contributed by atoms with E-state index in [0.29, 0.717) is 41.8 Å². The highest BCUT2D eigenvalue weighted by Crippen LogP contribution is 2.42. The molecule has 3 N–H and O–H groups in total. The van der Waals surface area contributed by atoms with Gasteiger partial charge in [-0.15, -0.1) is 0 Å². The Morgan fingerprint density at radius 2 is 2.07 bits per heavy atom. The fourth-order valence-electron chi connectivity index (χ4n) is 3.72. The average molecular weight is 409 g/mol. The molecule has 1 fully saturated rings. The lowest BCUT2D eigenvalue weighted by Crippen LogP contribution is -2.12. The molecule has 0 amide bonds. The molecule has 2 aromatic carbocycles. The molecule has 30 heavy (non-hydrogen) atoms. The number of hydrogen-bond donors (Lipinski definition) is 2. The molecule has 6 nitrogen and oxygen atoms in total. The average Bonchev–Trinajstić information content (AvgIpc) is 3.53. The third kappa shape index (κ3) is 3.80. The van der Waals surface area contributed by atoms with Gasteiger partial charge >= 0.3 is 5.97 Å². The van der Waals surface area contributed by atoms with Crippen molar-refractivity contribution in [1.29, 1.82) is 0 Å². The molecule has 4 rings (SSSR count). The second-order valence-electron chi connectivity index (χ2n) is 7.38. The fourth-order valence-corrected chi connectivity index (χ4v) is 3.72. The number of rotatable bonds is 8. The van der Waals surface area contributed by atoms with Gasteiger partial charge in [0.15, 0.2) is 0 Å². The van der Waals surface area contributed by atoms with Gasteiger partial charge in [0.1, 0.15) is 5.82 Å². The summed E-state index contributed by atoms with van der Waals surface area (Å²) in [6, 6.07) is 11.8. The summed E-state index contributed by atoms with van der Waals surface area (Å²) in [5, 5.41) is 9.41. The van der Waals surface area contributed by atoms with Crippen molar-refractivity contribution in [2.24, 2.45) is 5.73 Å². The van der Waals surface area contributed by atoms with Gasteiger partial charge in [-0.05, 0) is 43.0 Å². The van der Waals surface area contributed by atoms with Crippen LogP contribution in [0, 0.1) is 5.82 Å². The van der Waals surface area contributed by atoms with Crippen LogP contribution < -0.4 is 10.5 Å². The lowest BCUT2D eigenvalue weighted by atomic mass is 9.98. The Labute approximate surface area is 174 Å². The molecular weight excluding hydrogens is 385 g/mol. The van der Waals surface area contributed by atoms with Crippen molar-refractivity contribution in [3.8, 4) is 17.1 Å². The third-order valence-electron chi connectivity index (χ3n) is 5.35. The molecule has 7 heteroatoms. The lowest BCUT2D eigenvalue weighted by Gasteiger charge is -2.13. The molecular formula is C23H24FN3O3. The van der Waals surface area contributed by atoms with Crippen molar-refractivity contribution >= 4 is 5.97 Å². The van der Waals surface area contributed by atoms with Crippen LogP contribution in [-0.4, -0.2) is 27.2 Å². The van der Waals surface area contributed by atoms with Crippen molar-refractivity contribution < 1.29 is 19.0 Å². The molecule has 0 spiro atoms. The normalized spacial score (nSPS) is 13.4. The number of hydrogen-bond acceptors (Lipinski definition) is 4. The first kappa shape index (κ1) is 20.1. The number of aromatic nitrogens is 2. The van der Waals surface area contributed by atoms with E-state index in [1.54, 1.807) is 30.3 Å². The van der Waals surface area contributed by atoms with E-state index >= 15 is 4.39 Å². The molecule has 1 aromatic heterocycles. The van der Waals surface area contributed by atoms with Crippen LogP contribution in [0.2, 0.25) is 0 Å². The zero-order valence-corrected chi connectivity index (χ0v) is 16.8. The minimum atomic E-state index is -1.05. The standard InChI is InChI=1S/C23H24FN3O3/c1-2-30-23-26-21(14-7-8-14)20(12-25)27(23)13-16-10-9-15(11-19(16)24)17-5-3-4-6-18(17)22(28)29/h3-6,9-11,14H,2,7-8,12-13,25H2,1H3,(H,28,29). The largest absolute Gasteiger partial charge is 0.478 e. The summed E-state index contributed by atoms with van der Waals surface area (Å²) < 4.78 is 22.6. The third-order valence-corrected chi connectivity index (χ3v) is 5.35. The van der Waals surface area contributed by atoms with Gasteiger partial charge in [0.2, 0.25) is 0 Å². The molecule has 0 radical (unpaired) electrons. The van der Waals surface area contributed by atoms with Gasteiger partial charge in [0.05, 0.1) is 30.1 Å². The predicted octanol–water partition coefficient (Wildman–Crippen LogP) is 4.17. The Hall–Kier alpha value is -3.19. The summed E-state index contributed by atoms with van der Waals surface area (Å²) in [6.07, 6.45) is 2.17. The Morgan fingerprint density at radius 3 is 2.70 bits per heavy atom. The summed E-state index contributed by atoms with van der Waals surface area (Å²) in [4.78, 5) is 16.1. The summed E-state index contributed by atoms with van der Waals surface area (Å²) in [5.74, 6) is -1.06. The summed E-state index contributed by atoms with van der Waals surface area (Å²) in [7, 11) is 0. The van der Waals surface area contributed by atoms with Crippen molar-refractivity contribution in [2.45, 2.75) is 38.8 Å². The quantitative estimate of drug-likeness (QED) is 0.583. The Bertz CT molecular complexity index is 1090. The number of aromatic carboxylic acids is 1. The van der Waals surface area contributed by atoms with E-state index in [0.717, 1.165) is 24.2 Å². The van der Waals surface area contributed by atoms with Crippen LogP contribution in [0.3, 0.4) is 0 Å². The smallest absolute Gasteiger partial charge is 0.336 e. The van der Waals surface area contributed by atoms with Gasteiger partial charge in [-0.1, -0.05) is 30.3 Å². The van der Waals surface area contributed by atoms with E-state index in [-0.39, 0.29) is 12.1 Å². The molecule has 1 heterocycles. The van der Waals surface area contributed by atoms with Crippen LogP contribution >= 0.6 is 0 Å². The molecule has 1 saturated carbocycles. The highest BCUT2D eigenvalue weighted by atomic mass is 19.1. The molecule has 0 unspecified atom stereocenters. The van der Waals surface area contributed by atoms with Crippen LogP contribution in [0.4, 0.5) is 4.39 Å². The molecule has 0 aliphatic heterocycles. The number of imidazole rings is 1. The number of carbonyl (C=O) groups is 1. The summed E-state index contributed by atoms with van der Waals surface area (Å²) in [6.45, 7) is 2.89. The van der Waals surface area contributed by atoms with E-state index in [1.165, 1.54) is 12.1 Å². The van der Waals surface area contributed by atoms with Gasteiger partial charge in [-0.3, -0.25) is 4.57 Å². The highest BCUT2D eigenvalue weighted by molar-refractivity contribution is 5.96. The number of nitrogens with two attached hydrogens (primary N) is 1. The molecule has 156 valence electrons. The minimum absolute atomic E-state index is 0.136. The van der Waals surface area contributed by atoms with Gasteiger partial charge < -0.3 is 15.6 Å². The van der Waals surface area contributed by atoms with E-state index in [9.17, 15) is 9.90 Å². The summed E-state index contributed by atoms with van der Waals surface area (Å²) in [5.41, 5.74) is 9.42. The van der Waals surface area contributed by atoms with E-state index in [4.69, 9.17) is 10.5 Å². The second kappa shape index (κ2) is 8.28. The number of halogens is 1. The van der Waals surface area contributed by atoms with Crippen LogP contribution in [0.15, 0.2) is 42.5 Å².